The van der Waals surface area contributed by atoms with E-state index in [9.17, 15) is 0 Å². The van der Waals surface area contributed by atoms with Gasteiger partial charge in [-0.3, -0.25) is 20.1 Å². The van der Waals surface area contributed by atoms with Crippen molar-refractivity contribution in [2.24, 2.45) is 5.41 Å². The number of anilines is 1. The minimum atomic E-state index is 0.139. The van der Waals surface area contributed by atoms with Gasteiger partial charge in [-0.05, 0) is 48.1 Å². The summed E-state index contributed by atoms with van der Waals surface area (Å²) >= 11 is 0. The highest BCUT2D eigenvalue weighted by Gasteiger charge is 2.51. The van der Waals surface area contributed by atoms with Crippen LogP contribution in [0.1, 0.15) is 33.6 Å². The molecule has 1 aliphatic carbocycles. The average molecular weight is 501 g/mol. The summed E-state index contributed by atoms with van der Waals surface area (Å²) in [4.78, 5) is 21.6. The Morgan fingerprint density at radius 2 is 1.68 bits per heavy atom. The molecule has 0 atom stereocenters. The van der Waals surface area contributed by atoms with E-state index in [2.05, 4.69) is 80.5 Å². The Kier molecular flexibility index (Phi) is 4.88. The Bertz CT molecular complexity index is 1790. The predicted octanol–water partition coefficient (Wildman–Crippen LogP) is 6.62. The number of aromatic amines is 2. The largest absolute Gasteiger partial charge is 0.378 e. The summed E-state index contributed by atoms with van der Waals surface area (Å²) in [5, 5.41) is 12.5. The molecule has 5 aromatic heterocycles. The molecule has 0 radical (unpaired) electrons. The Morgan fingerprint density at radius 1 is 0.842 bits per heavy atom. The van der Waals surface area contributed by atoms with Gasteiger partial charge in [0.25, 0.3) is 0 Å². The number of hydrogen-bond acceptors (Lipinski definition) is 6. The molecule has 0 unspecified atom stereocenters. The van der Waals surface area contributed by atoms with E-state index >= 15 is 0 Å². The number of pyridine rings is 3. The molecule has 1 fully saturated rings. The molecule has 0 amide bonds. The molecule has 188 valence electrons. The fourth-order valence-electron chi connectivity index (χ4n) is 5.28. The van der Waals surface area contributed by atoms with Crippen molar-refractivity contribution in [2.75, 3.05) is 5.32 Å². The smallest absolute Gasteiger partial charge is 0.159 e. The van der Waals surface area contributed by atoms with Crippen molar-refractivity contribution >= 4 is 27.6 Å². The monoisotopic (exact) mass is 500 g/mol. The standard InChI is InChI=1S/C30H28N8/c1-29(2,3)30(8-9-30)36-21-11-20(14-32-15-21)18-6-7-24-22(12-18)27(38-37-24)28-34-25-17-33-16-23(26(25)35-28)19-5-4-10-31-13-19/h4-7,10-17,36H,8-9H2,1-3H3,(H,34,35)(H,37,38). The van der Waals surface area contributed by atoms with E-state index in [1.165, 1.54) is 12.8 Å². The van der Waals surface area contributed by atoms with Crippen molar-refractivity contribution in [2.45, 2.75) is 39.2 Å². The second kappa shape index (κ2) is 8.21. The number of aromatic nitrogens is 7. The first-order valence-corrected chi connectivity index (χ1v) is 12.9. The molecule has 0 bridgehead atoms. The van der Waals surface area contributed by atoms with Gasteiger partial charge in [0.05, 0.1) is 22.9 Å². The molecular weight excluding hydrogens is 472 g/mol. The molecule has 38 heavy (non-hydrogen) atoms. The molecule has 1 aromatic carbocycles. The Balaban J connectivity index is 1.27. The van der Waals surface area contributed by atoms with Gasteiger partial charge < -0.3 is 10.3 Å². The third-order valence-corrected chi connectivity index (χ3v) is 7.79. The van der Waals surface area contributed by atoms with Crippen molar-refractivity contribution in [3.05, 3.63) is 73.6 Å². The zero-order valence-electron chi connectivity index (χ0n) is 21.6. The average Bonchev–Trinajstić information content (AvgIpc) is 3.40. The lowest BCUT2D eigenvalue weighted by atomic mass is 9.84. The van der Waals surface area contributed by atoms with Gasteiger partial charge in [-0.25, -0.2) is 4.98 Å². The van der Waals surface area contributed by atoms with Crippen LogP contribution in [0.4, 0.5) is 5.69 Å². The maximum absolute atomic E-state index is 4.94. The number of nitrogens with zero attached hydrogens (tertiary/aromatic N) is 5. The van der Waals surface area contributed by atoms with Gasteiger partial charge in [0, 0.05) is 58.6 Å². The summed E-state index contributed by atoms with van der Waals surface area (Å²) in [6, 6.07) is 12.4. The first kappa shape index (κ1) is 22.6. The van der Waals surface area contributed by atoms with Crippen LogP contribution in [-0.4, -0.2) is 40.7 Å². The number of rotatable bonds is 5. The quantitative estimate of drug-likeness (QED) is 0.246. The van der Waals surface area contributed by atoms with E-state index in [-0.39, 0.29) is 11.0 Å². The van der Waals surface area contributed by atoms with Crippen molar-refractivity contribution in [3.8, 4) is 33.8 Å². The van der Waals surface area contributed by atoms with E-state index in [1.54, 1.807) is 12.4 Å². The highest BCUT2D eigenvalue weighted by Crippen LogP contribution is 2.52. The highest BCUT2D eigenvalue weighted by molar-refractivity contribution is 5.98. The first-order chi connectivity index (χ1) is 18.4. The molecule has 1 aliphatic rings. The van der Waals surface area contributed by atoms with E-state index < -0.39 is 0 Å². The lowest BCUT2D eigenvalue weighted by Gasteiger charge is -2.32. The predicted molar refractivity (Wildman–Crippen MR) is 150 cm³/mol. The molecule has 1 saturated carbocycles. The van der Waals surface area contributed by atoms with Crippen molar-refractivity contribution in [3.63, 3.8) is 0 Å². The minimum Gasteiger partial charge on any atom is -0.378 e. The maximum Gasteiger partial charge on any atom is 0.159 e. The fraction of sp³-hybridized carbons (Fsp3) is 0.233. The molecule has 5 heterocycles. The Hall–Kier alpha value is -4.59. The van der Waals surface area contributed by atoms with Crippen LogP contribution in [0.25, 0.3) is 55.7 Å². The maximum atomic E-state index is 4.94. The van der Waals surface area contributed by atoms with Crippen molar-refractivity contribution in [1.29, 1.82) is 0 Å². The van der Waals surface area contributed by atoms with Gasteiger partial charge in [-0.1, -0.05) is 32.9 Å². The van der Waals surface area contributed by atoms with E-state index in [4.69, 9.17) is 4.98 Å². The second-order valence-electron chi connectivity index (χ2n) is 11.2. The lowest BCUT2D eigenvalue weighted by molar-refractivity contribution is 0.323. The summed E-state index contributed by atoms with van der Waals surface area (Å²) in [5.41, 5.74) is 8.81. The number of fused-ring (bicyclic) bond motifs is 2. The van der Waals surface area contributed by atoms with Gasteiger partial charge in [0.2, 0.25) is 0 Å². The van der Waals surface area contributed by atoms with Gasteiger partial charge in [-0.15, -0.1) is 0 Å². The topological polar surface area (TPSA) is 108 Å². The number of nitrogens with one attached hydrogen (secondary N) is 3. The van der Waals surface area contributed by atoms with E-state index in [1.807, 2.05) is 36.9 Å². The van der Waals surface area contributed by atoms with Crippen LogP contribution in [0, 0.1) is 5.41 Å². The van der Waals surface area contributed by atoms with Gasteiger partial charge >= 0.3 is 0 Å². The van der Waals surface area contributed by atoms with E-state index in [0.29, 0.717) is 5.82 Å². The van der Waals surface area contributed by atoms with Crippen LogP contribution in [0.3, 0.4) is 0 Å². The van der Waals surface area contributed by atoms with Crippen LogP contribution < -0.4 is 5.32 Å². The minimum absolute atomic E-state index is 0.139. The molecular formula is C30H28N8. The van der Waals surface area contributed by atoms with Crippen LogP contribution >= 0.6 is 0 Å². The number of benzene rings is 1. The Labute approximate surface area is 220 Å². The van der Waals surface area contributed by atoms with Crippen LogP contribution in [0.15, 0.2) is 73.6 Å². The molecule has 0 aliphatic heterocycles. The van der Waals surface area contributed by atoms with Crippen LogP contribution in [-0.2, 0) is 0 Å². The van der Waals surface area contributed by atoms with Crippen molar-refractivity contribution in [1.82, 2.24) is 35.1 Å². The van der Waals surface area contributed by atoms with Gasteiger partial charge in [0.15, 0.2) is 5.82 Å². The van der Waals surface area contributed by atoms with E-state index in [0.717, 1.165) is 55.6 Å². The Morgan fingerprint density at radius 3 is 2.47 bits per heavy atom. The summed E-state index contributed by atoms with van der Waals surface area (Å²) in [7, 11) is 0. The molecule has 0 spiro atoms. The molecule has 0 saturated heterocycles. The third kappa shape index (κ3) is 3.72. The summed E-state index contributed by atoms with van der Waals surface area (Å²) in [6.45, 7) is 6.89. The molecule has 3 N–H and O–H groups in total. The second-order valence-corrected chi connectivity index (χ2v) is 11.2. The van der Waals surface area contributed by atoms with Gasteiger partial charge in [-0.2, -0.15) is 5.10 Å². The highest BCUT2D eigenvalue weighted by atomic mass is 15.1. The molecule has 6 aromatic rings. The number of H-pyrrole nitrogens is 2. The van der Waals surface area contributed by atoms with Crippen LogP contribution in [0.2, 0.25) is 0 Å². The molecule has 7 rings (SSSR count). The number of hydrogen-bond donors (Lipinski definition) is 3. The fourth-order valence-corrected chi connectivity index (χ4v) is 5.28. The van der Waals surface area contributed by atoms with Crippen molar-refractivity contribution < 1.29 is 0 Å². The summed E-state index contributed by atoms with van der Waals surface area (Å²) < 4.78 is 0. The molecule has 8 nitrogen and oxygen atoms in total. The molecule has 8 heteroatoms. The summed E-state index contributed by atoms with van der Waals surface area (Å²) in [6.07, 6.45) is 13.4. The third-order valence-electron chi connectivity index (χ3n) is 7.79. The summed E-state index contributed by atoms with van der Waals surface area (Å²) in [5.74, 6) is 0.691. The first-order valence-electron chi connectivity index (χ1n) is 12.9. The lowest BCUT2D eigenvalue weighted by Crippen LogP contribution is -2.36. The number of imidazole rings is 1. The normalized spacial score (nSPS) is 14.7. The zero-order valence-corrected chi connectivity index (χ0v) is 21.6. The van der Waals surface area contributed by atoms with Crippen LogP contribution in [0.5, 0.6) is 0 Å². The SMILES string of the molecule is CC(C)(C)C1(Nc2cncc(-c3ccc4[nH]nc(-c5nc6c(-c7cccnc7)cncc6[nH]5)c4c3)c2)CC1. The zero-order chi connectivity index (χ0) is 25.9. The van der Waals surface area contributed by atoms with Gasteiger partial charge in [0.1, 0.15) is 11.2 Å².